The van der Waals surface area contributed by atoms with E-state index in [0.29, 0.717) is 13.1 Å². The van der Waals surface area contributed by atoms with Gasteiger partial charge in [0.2, 0.25) is 11.8 Å². The van der Waals surface area contributed by atoms with E-state index in [1.807, 2.05) is 98.1 Å². The van der Waals surface area contributed by atoms with Crippen LogP contribution in [0.25, 0.3) is 5.69 Å². The van der Waals surface area contributed by atoms with Gasteiger partial charge in [-0.15, -0.1) is 0 Å². The van der Waals surface area contributed by atoms with E-state index in [9.17, 15) is 9.59 Å². The van der Waals surface area contributed by atoms with Crippen molar-refractivity contribution < 1.29 is 9.59 Å². The highest BCUT2D eigenvalue weighted by Crippen LogP contribution is 2.30. The van der Waals surface area contributed by atoms with Crippen LogP contribution in [0, 0.1) is 13.8 Å². The smallest absolute Gasteiger partial charge is 0.242 e. The molecule has 3 aromatic rings. The first-order chi connectivity index (χ1) is 15.9. The van der Waals surface area contributed by atoms with Crippen molar-refractivity contribution in [3.8, 4) is 5.69 Å². The van der Waals surface area contributed by atoms with E-state index < -0.39 is 6.04 Å². The zero-order chi connectivity index (χ0) is 23.5. The Morgan fingerprint density at radius 3 is 2.42 bits per heavy atom. The van der Waals surface area contributed by atoms with Crippen molar-refractivity contribution >= 4 is 11.8 Å². The van der Waals surface area contributed by atoms with Gasteiger partial charge in [-0.2, -0.15) is 5.10 Å². The summed E-state index contributed by atoms with van der Waals surface area (Å²) in [6.07, 6.45) is 0. The number of piperazine rings is 1. The molecule has 2 amide bonds. The number of likely N-dealkylation sites (N-methyl/N-ethyl adjacent to an activating group) is 1. The molecule has 2 aromatic carbocycles. The maximum atomic E-state index is 13.2. The highest BCUT2D eigenvalue weighted by atomic mass is 16.2. The molecule has 1 fully saturated rings. The molecule has 7 nitrogen and oxygen atoms in total. The van der Waals surface area contributed by atoms with Crippen molar-refractivity contribution in [2.45, 2.75) is 32.9 Å². The van der Waals surface area contributed by atoms with Crippen LogP contribution in [0.4, 0.5) is 0 Å². The molecule has 0 radical (unpaired) electrons. The molecular formula is C26H31N5O2. The third-order valence-corrected chi connectivity index (χ3v) is 6.53. The normalized spacial score (nSPS) is 17.5. The maximum Gasteiger partial charge on any atom is 0.242 e. The lowest BCUT2D eigenvalue weighted by atomic mass is 10.00. The van der Waals surface area contributed by atoms with E-state index in [2.05, 4.69) is 5.32 Å². The van der Waals surface area contributed by atoms with E-state index in [4.69, 9.17) is 5.10 Å². The quantitative estimate of drug-likeness (QED) is 0.633. The summed E-state index contributed by atoms with van der Waals surface area (Å²) in [4.78, 5) is 30.0. The predicted molar refractivity (Wildman–Crippen MR) is 128 cm³/mol. The van der Waals surface area contributed by atoms with Crippen LogP contribution in [-0.2, 0) is 9.59 Å². The summed E-state index contributed by atoms with van der Waals surface area (Å²) < 4.78 is 1.87. The van der Waals surface area contributed by atoms with Crippen LogP contribution in [0.3, 0.4) is 0 Å². The minimum atomic E-state index is -0.555. The Balaban J connectivity index is 1.60. The molecule has 0 aliphatic carbocycles. The average Bonchev–Trinajstić information content (AvgIpc) is 3.13. The van der Waals surface area contributed by atoms with E-state index in [1.165, 1.54) is 0 Å². The molecule has 1 saturated heterocycles. The summed E-state index contributed by atoms with van der Waals surface area (Å²) in [5, 5.41) is 7.69. The summed E-state index contributed by atoms with van der Waals surface area (Å²) in [7, 11) is 1.82. The Kier molecular flexibility index (Phi) is 6.60. The van der Waals surface area contributed by atoms with Gasteiger partial charge in [-0.1, -0.05) is 48.5 Å². The minimum absolute atomic E-state index is 0.0168. The zero-order valence-electron chi connectivity index (χ0n) is 19.7. The van der Waals surface area contributed by atoms with Gasteiger partial charge in [0.25, 0.3) is 0 Å². The van der Waals surface area contributed by atoms with Gasteiger partial charge in [0.15, 0.2) is 0 Å². The second-order valence-electron chi connectivity index (χ2n) is 8.59. The molecule has 1 aliphatic heterocycles. The van der Waals surface area contributed by atoms with Crippen molar-refractivity contribution in [1.29, 1.82) is 0 Å². The van der Waals surface area contributed by atoms with Gasteiger partial charge in [0, 0.05) is 31.4 Å². The number of hydrogen-bond donors (Lipinski definition) is 1. The number of carbonyl (C=O) groups excluding carboxylic acids is 2. The number of nitrogens with zero attached hydrogens (tertiary/aromatic N) is 4. The van der Waals surface area contributed by atoms with Gasteiger partial charge in [-0.25, -0.2) is 4.68 Å². The number of para-hydroxylation sites is 1. The number of amides is 2. The van der Waals surface area contributed by atoms with Gasteiger partial charge in [0.05, 0.1) is 24.0 Å². The molecule has 1 aromatic heterocycles. The fourth-order valence-electron chi connectivity index (χ4n) is 4.53. The van der Waals surface area contributed by atoms with Crippen LogP contribution in [-0.4, -0.2) is 58.1 Å². The van der Waals surface area contributed by atoms with Crippen LogP contribution >= 0.6 is 0 Å². The molecule has 7 heteroatoms. The van der Waals surface area contributed by atoms with Crippen molar-refractivity contribution in [1.82, 2.24) is 24.9 Å². The van der Waals surface area contributed by atoms with Crippen molar-refractivity contribution in [3.05, 3.63) is 83.2 Å². The van der Waals surface area contributed by atoms with Gasteiger partial charge < -0.3 is 10.2 Å². The Labute approximate surface area is 195 Å². The van der Waals surface area contributed by atoms with Crippen molar-refractivity contribution in [3.63, 3.8) is 0 Å². The molecule has 4 rings (SSSR count). The van der Waals surface area contributed by atoms with E-state index in [1.54, 1.807) is 4.90 Å². The van der Waals surface area contributed by atoms with Crippen LogP contribution in [0.5, 0.6) is 0 Å². The van der Waals surface area contributed by atoms with E-state index in [-0.39, 0.29) is 24.4 Å². The number of rotatable bonds is 6. The highest BCUT2D eigenvalue weighted by Gasteiger charge is 2.37. The second kappa shape index (κ2) is 9.58. The standard InChI is InChI=1S/C26H31N5O2/c1-18-24(20(3)31(28-18)22-13-9-6-10-14-22)25-26(33)27-15-16-30(25)17-23(32)29(4)19(2)21-11-7-5-8-12-21/h5-14,19,25H,15-17H2,1-4H3,(H,27,33). The number of aryl methyl sites for hydroxylation is 1. The molecule has 1 aliphatic rings. The molecule has 2 heterocycles. The number of aromatic nitrogens is 2. The molecule has 172 valence electrons. The summed E-state index contributed by atoms with van der Waals surface area (Å²) in [6.45, 7) is 7.21. The Morgan fingerprint density at radius 2 is 1.76 bits per heavy atom. The van der Waals surface area contributed by atoms with Crippen LogP contribution in [0.2, 0.25) is 0 Å². The lowest BCUT2D eigenvalue weighted by molar-refractivity contribution is -0.137. The number of nitrogens with one attached hydrogen (secondary N) is 1. The molecule has 2 atom stereocenters. The SMILES string of the molecule is Cc1nn(-c2ccccc2)c(C)c1C1C(=O)NCCN1CC(=O)N(C)C(C)c1ccccc1. The molecule has 0 bridgehead atoms. The predicted octanol–water partition coefficient (Wildman–Crippen LogP) is 3.18. The van der Waals surface area contributed by atoms with E-state index >= 15 is 0 Å². The van der Waals surface area contributed by atoms with Gasteiger partial charge in [-0.05, 0) is 38.5 Å². The lowest BCUT2D eigenvalue weighted by Crippen LogP contribution is -2.53. The third-order valence-electron chi connectivity index (χ3n) is 6.53. The first kappa shape index (κ1) is 22.7. The van der Waals surface area contributed by atoms with Crippen molar-refractivity contribution in [2.24, 2.45) is 0 Å². The van der Waals surface area contributed by atoms with Gasteiger partial charge >= 0.3 is 0 Å². The summed E-state index contributed by atoms with van der Waals surface area (Å²) >= 11 is 0. The first-order valence-electron chi connectivity index (χ1n) is 11.3. The fourth-order valence-corrected chi connectivity index (χ4v) is 4.53. The Bertz CT molecular complexity index is 1130. The molecule has 2 unspecified atom stereocenters. The number of benzene rings is 2. The van der Waals surface area contributed by atoms with Crippen LogP contribution in [0.15, 0.2) is 60.7 Å². The summed E-state index contributed by atoms with van der Waals surface area (Å²) in [5.41, 5.74) is 4.59. The average molecular weight is 446 g/mol. The minimum Gasteiger partial charge on any atom is -0.353 e. The summed E-state index contributed by atoms with van der Waals surface area (Å²) in [6, 6.07) is 19.2. The van der Waals surface area contributed by atoms with Crippen LogP contribution in [0.1, 0.15) is 41.5 Å². The van der Waals surface area contributed by atoms with Crippen molar-refractivity contribution in [2.75, 3.05) is 26.7 Å². The first-order valence-corrected chi connectivity index (χ1v) is 11.3. The van der Waals surface area contributed by atoms with Crippen LogP contribution < -0.4 is 5.32 Å². The molecule has 0 spiro atoms. The zero-order valence-corrected chi connectivity index (χ0v) is 19.7. The van der Waals surface area contributed by atoms with Gasteiger partial charge in [-0.3, -0.25) is 14.5 Å². The van der Waals surface area contributed by atoms with E-state index in [0.717, 1.165) is 28.2 Å². The highest BCUT2D eigenvalue weighted by molar-refractivity contribution is 5.86. The number of carbonyl (C=O) groups is 2. The number of hydrogen-bond acceptors (Lipinski definition) is 4. The third kappa shape index (κ3) is 4.54. The lowest BCUT2D eigenvalue weighted by Gasteiger charge is -2.36. The topological polar surface area (TPSA) is 70.5 Å². The monoisotopic (exact) mass is 445 g/mol. The largest absolute Gasteiger partial charge is 0.353 e. The molecule has 0 saturated carbocycles. The summed E-state index contributed by atoms with van der Waals surface area (Å²) in [5.74, 6) is -0.108. The molecule has 33 heavy (non-hydrogen) atoms. The fraction of sp³-hybridized carbons (Fsp3) is 0.346. The second-order valence-corrected chi connectivity index (χ2v) is 8.59. The molecule has 1 N–H and O–H groups in total. The Morgan fingerprint density at radius 1 is 1.12 bits per heavy atom. The Hall–Kier alpha value is -3.45. The molecular weight excluding hydrogens is 414 g/mol. The maximum absolute atomic E-state index is 13.2. The van der Waals surface area contributed by atoms with Gasteiger partial charge in [0.1, 0.15) is 6.04 Å².